The van der Waals surface area contributed by atoms with Gasteiger partial charge >= 0.3 is 0 Å². The predicted octanol–water partition coefficient (Wildman–Crippen LogP) is 5.35. The Labute approximate surface area is 209 Å². The zero-order chi connectivity index (χ0) is 25.6. The van der Waals surface area contributed by atoms with Crippen LogP contribution in [0.1, 0.15) is 43.5 Å². The van der Waals surface area contributed by atoms with Gasteiger partial charge in [-0.2, -0.15) is 0 Å². The SMILES string of the molecule is COc1ccccc1C1/C(=C(\O)c2ccc3c(c2)OCO3)C(=O)C(=O)N1c1ccc(C(C)(C)C)cc1. The van der Waals surface area contributed by atoms with Gasteiger partial charge in [0.1, 0.15) is 11.5 Å². The van der Waals surface area contributed by atoms with Crippen molar-refractivity contribution in [2.24, 2.45) is 0 Å². The standard InChI is InChI=1S/C29H27NO6/c1-29(2,3)18-10-12-19(13-11-18)30-25(20-7-5-6-8-21(20)34-4)24(27(32)28(30)33)26(31)17-9-14-22-23(15-17)36-16-35-22/h5-15,25,31H,16H2,1-4H3/b26-24+. The Morgan fingerprint density at radius 3 is 2.36 bits per heavy atom. The summed E-state index contributed by atoms with van der Waals surface area (Å²) >= 11 is 0. The van der Waals surface area contributed by atoms with Crippen LogP contribution in [0.3, 0.4) is 0 Å². The number of Topliss-reactive ketones (excluding diaryl/α,β-unsaturated/α-hetero) is 1. The number of ketones is 1. The summed E-state index contributed by atoms with van der Waals surface area (Å²) in [5.74, 6) is -0.293. The maximum atomic E-state index is 13.4. The first-order chi connectivity index (χ1) is 17.2. The lowest BCUT2D eigenvalue weighted by Gasteiger charge is -2.27. The van der Waals surface area contributed by atoms with Gasteiger partial charge in [0.2, 0.25) is 6.79 Å². The molecule has 2 aliphatic rings. The minimum Gasteiger partial charge on any atom is -0.507 e. The number of carbonyl (C=O) groups excluding carboxylic acids is 2. The Hall–Kier alpha value is -4.26. The first kappa shape index (κ1) is 23.5. The molecule has 0 saturated carbocycles. The van der Waals surface area contributed by atoms with Crippen LogP contribution in [0.2, 0.25) is 0 Å². The third-order valence-electron chi connectivity index (χ3n) is 6.54. The number of rotatable bonds is 4. The average molecular weight is 486 g/mol. The van der Waals surface area contributed by atoms with Crippen molar-refractivity contribution in [3.05, 3.63) is 89.0 Å². The molecular weight excluding hydrogens is 458 g/mol. The third-order valence-corrected chi connectivity index (χ3v) is 6.54. The summed E-state index contributed by atoms with van der Waals surface area (Å²) in [7, 11) is 1.53. The molecule has 3 aromatic carbocycles. The molecule has 1 unspecified atom stereocenters. The summed E-state index contributed by atoms with van der Waals surface area (Å²) in [5.41, 5.74) is 2.47. The highest BCUT2D eigenvalue weighted by Crippen LogP contribution is 2.46. The minimum atomic E-state index is -0.896. The number of amides is 1. The van der Waals surface area contributed by atoms with Crippen LogP contribution in [0.25, 0.3) is 5.76 Å². The van der Waals surface area contributed by atoms with Crippen molar-refractivity contribution in [2.45, 2.75) is 32.2 Å². The lowest BCUT2D eigenvalue weighted by molar-refractivity contribution is -0.132. The van der Waals surface area contributed by atoms with Gasteiger partial charge in [-0.3, -0.25) is 14.5 Å². The van der Waals surface area contributed by atoms with E-state index < -0.39 is 17.7 Å². The zero-order valence-electron chi connectivity index (χ0n) is 20.6. The Balaban J connectivity index is 1.70. The van der Waals surface area contributed by atoms with Gasteiger partial charge in [-0.25, -0.2) is 0 Å². The second kappa shape index (κ2) is 8.75. The smallest absolute Gasteiger partial charge is 0.300 e. The molecule has 1 amide bonds. The van der Waals surface area contributed by atoms with Crippen molar-refractivity contribution in [3.8, 4) is 17.2 Å². The van der Waals surface area contributed by atoms with E-state index in [-0.39, 0.29) is 23.5 Å². The van der Waals surface area contributed by atoms with Crippen molar-refractivity contribution in [1.29, 1.82) is 0 Å². The molecule has 0 aliphatic carbocycles. The molecule has 0 spiro atoms. The first-order valence-corrected chi connectivity index (χ1v) is 11.6. The van der Waals surface area contributed by atoms with Crippen LogP contribution >= 0.6 is 0 Å². The molecule has 1 saturated heterocycles. The molecule has 184 valence electrons. The van der Waals surface area contributed by atoms with E-state index in [2.05, 4.69) is 20.8 Å². The number of carbonyl (C=O) groups is 2. The van der Waals surface area contributed by atoms with Gasteiger partial charge < -0.3 is 19.3 Å². The Morgan fingerprint density at radius 2 is 1.67 bits per heavy atom. The maximum Gasteiger partial charge on any atom is 0.300 e. The van der Waals surface area contributed by atoms with Crippen LogP contribution in [0, 0.1) is 0 Å². The van der Waals surface area contributed by atoms with Crippen molar-refractivity contribution in [2.75, 3.05) is 18.8 Å². The normalized spacial score (nSPS) is 18.6. The van der Waals surface area contributed by atoms with Gasteiger partial charge in [-0.1, -0.05) is 51.1 Å². The lowest BCUT2D eigenvalue weighted by Crippen LogP contribution is -2.29. The number of benzene rings is 3. The summed E-state index contributed by atoms with van der Waals surface area (Å²) in [4.78, 5) is 28.3. The quantitative estimate of drug-likeness (QED) is 0.305. The Morgan fingerprint density at radius 1 is 0.972 bits per heavy atom. The van der Waals surface area contributed by atoms with Gasteiger partial charge in [-0.15, -0.1) is 0 Å². The van der Waals surface area contributed by atoms with E-state index in [4.69, 9.17) is 14.2 Å². The first-order valence-electron chi connectivity index (χ1n) is 11.6. The molecule has 7 nitrogen and oxygen atoms in total. The van der Waals surface area contributed by atoms with Crippen molar-refractivity contribution in [1.82, 2.24) is 0 Å². The number of nitrogens with zero attached hydrogens (tertiary/aromatic N) is 1. The minimum absolute atomic E-state index is 0.0248. The fraction of sp³-hybridized carbons (Fsp3) is 0.241. The highest BCUT2D eigenvalue weighted by molar-refractivity contribution is 6.51. The van der Waals surface area contributed by atoms with Gasteiger partial charge in [0.05, 0.1) is 18.7 Å². The molecule has 7 heteroatoms. The Kier molecular flexibility index (Phi) is 5.71. The van der Waals surface area contributed by atoms with E-state index in [1.54, 1.807) is 36.4 Å². The van der Waals surface area contributed by atoms with Crippen LogP contribution in [0.15, 0.2) is 72.3 Å². The molecule has 1 N–H and O–H groups in total. The second-order valence-electron chi connectivity index (χ2n) is 9.78. The molecule has 0 radical (unpaired) electrons. The zero-order valence-corrected chi connectivity index (χ0v) is 20.6. The highest BCUT2D eigenvalue weighted by atomic mass is 16.7. The third kappa shape index (κ3) is 3.86. The van der Waals surface area contributed by atoms with E-state index >= 15 is 0 Å². The second-order valence-corrected chi connectivity index (χ2v) is 9.78. The molecule has 3 aromatic rings. The number of para-hydroxylation sites is 1. The van der Waals surface area contributed by atoms with Crippen LogP contribution in [-0.4, -0.2) is 30.7 Å². The van der Waals surface area contributed by atoms with E-state index in [1.807, 2.05) is 30.3 Å². The monoisotopic (exact) mass is 485 g/mol. The Bertz CT molecular complexity index is 1380. The van der Waals surface area contributed by atoms with Crippen molar-refractivity contribution < 1.29 is 28.9 Å². The number of methoxy groups -OCH3 is 1. The summed E-state index contributed by atoms with van der Waals surface area (Å²) < 4.78 is 16.4. The highest BCUT2D eigenvalue weighted by Gasteiger charge is 2.48. The van der Waals surface area contributed by atoms with Crippen molar-refractivity contribution in [3.63, 3.8) is 0 Å². The van der Waals surface area contributed by atoms with E-state index in [0.717, 1.165) is 5.56 Å². The van der Waals surface area contributed by atoms with Crippen LogP contribution < -0.4 is 19.1 Å². The molecule has 1 fully saturated rings. The van der Waals surface area contributed by atoms with Gasteiger partial charge in [0.25, 0.3) is 11.7 Å². The number of hydrogen-bond acceptors (Lipinski definition) is 6. The molecule has 0 bridgehead atoms. The number of aliphatic hydroxyl groups is 1. The molecule has 2 heterocycles. The van der Waals surface area contributed by atoms with Gasteiger partial charge in [0, 0.05) is 16.8 Å². The van der Waals surface area contributed by atoms with E-state index in [1.165, 1.54) is 12.0 Å². The number of anilines is 1. The molecular formula is C29H27NO6. The number of aliphatic hydroxyl groups excluding tert-OH is 1. The molecule has 1 atom stereocenters. The summed E-state index contributed by atoms with van der Waals surface area (Å²) in [6, 6.07) is 18.7. The topological polar surface area (TPSA) is 85.3 Å². The fourth-order valence-corrected chi connectivity index (χ4v) is 4.61. The molecule has 0 aromatic heterocycles. The van der Waals surface area contributed by atoms with Crippen molar-refractivity contribution >= 4 is 23.1 Å². The number of ether oxygens (including phenoxy) is 3. The van der Waals surface area contributed by atoms with Gasteiger partial charge in [-0.05, 0) is 47.4 Å². The van der Waals surface area contributed by atoms with Crippen LogP contribution in [0.5, 0.6) is 17.2 Å². The summed E-state index contributed by atoms with van der Waals surface area (Å²) in [6.07, 6.45) is 0. The summed E-state index contributed by atoms with van der Waals surface area (Å²) in [6.45, 7) is 6.40. The average Bonchev–Trinajstić information content (AvgIpc) is 3.45. The number of fused-ring (bicyclic) bond motifs is 1. The molecule has 36 heavy (non-hydrogen) atoms. The summed E-state index contributed by atoms with van der Waals surface area (Å²) in [5, 5.41) is 11.4. The fourth-order valence-electron chi connectivity index (χ4n) is 4.61. The van der Waals surface area contributed by atoms with Crippen LogP contribution in [-0.2, 0) is 15.0 Å². The maximum absolute atomic E-state index is 13.4. The number of hydrogen-bond donors (Lipinski definition) is 1. The van der Waals surface area contributed by atoms with Gasteiger partial charge in [0.15, 0.2) is 11.5 Å². The molecule has 2 aliphatic heterocycles. The van der Waals surface area contributed by atoms with E-state index in [9.17, 15) is 14.7 Å². The molecule has 5 rings (SSSR count). The van der Waals surface area contributed by atoms with Crippen LogP contribution in [0.4, 0.5) is 5.69 Å². The van der Waals surface area contributed by atoms with E-state index in [0.29, 0.717) is 34.1 Å². The predicted molar refractivity (Wildman–Crippen MR) is 135 cm³/mol. The largest absolute Gasteiger partial charge is 0.507 e. The lowest BCUT2D eigenvalue weighted by atomic mass is 9.87.